The highest BCUT2D eigenvalue weighted by atomic mass is 16.6. The first-order valence-corrected chi connectivity index (χ1v) is 9.00. The van der Waals surface area contributed by atoms with Crippen LogP contribution in [0.2, 0.25) is 0 Å². The van der Waals surface area contributed by atoms with E-state index in [1.54, 1.807) is 18.2 Å². The summed E-state index contributed by atoms with van der Waals surface area (Å²) in [6.07, 6.45) is 0. The largest absolute Gasteiger partial charge is 0.354 e. The molecule has 3 aromatic rings. The molecule has 1 aliphatic heterocycles. The van der Waals surface area contributed by atoms with Crippen molar-refractivity contribution in [3.63, 3.8) is 0 Å². The average Bonchev–Trinajstić information content (AvgIpc) is 2.72. The van der Waals surface area contributed by atoms with Crippen molar-refractivity contribution in [2.45, 2.75) is 0 Å². The third-order valence-electron chi connectivity index (χ3n) is 4.75. The number of hydrogen-bond donors (Lipinski definition) is 1. The molecular weight excluding hydrogens is 340 g/mol. The molecule has 0 bridgehead atoms. The highest BCUT2D eigenvalue weighted by Gasteiger charge is 2.20. The van der Waals surface area contributed by atoms with Gasteiger partial charge in [0.2, 0.25) is 0 Å². The van der Waals surface area contributed by atoms with Gasteiger partial charge in [-0.1, -0.05) is 54.6 Å². The van der Waals surface area contributed by atoms with Crippen LogP contribution in [0.5, 0.6) is 0 Å². The van der Waals surface area contributed by atoms with Gasteiger partial charge in [0.15, 0.2) is 0 Å². The Morgan fingerprint density at radius 2 is 1.67 bits per heavy atom. The Balaban J connectivity index is 1.91. The normalized spacial score (nSPS) is 15.1. The molecule has 0 saturated carbocycles. The molecular formula is C21H20N4O2. The van der Waals surface area contributed by atoms with Crippen LogP contribution in [-0.2, 0) is 0 Å². The molecule has 136 valence electrons. The van der Waals surface area contributed by atoms with Gasteiger partial charge >= 0.3 is 0 Å². The maximum atomic E-state index is 11.4. The second kappa shape index (κ2) is 7.55. The molecule has 6 nitrogen and oxygen atoms in total. The number of amidine groups is 1. The van der Waals surface area contributed by atoms with Crippen LogP contribution in [0.15, 0.2) is 71.7 Å². The SMILES string of the molecule is O=[N+]([O-])c1ccccc1N=C(c1cccc2ccccc12)N1CCNCC1. The third-order valence-corrected chi connectivity index (χ3v) is 4.75. The summed E-state index contributed by atoms with van der Waals surface area (Å²) < 4.78 is 0. The second-order valence-corrected chi connectivity index (χ2v) is 6.44. The summed E-state index contributed by atoms with van der Waals surface area (Å²) in [7, 11) is 0. The van der Waals surface area contributed by atoms with Crippen LogP contribution in [-0.4, -0.2) is 41.8 Å². The first kappa shape index (κ1) is 17.2. The first-order chi connectivity index (χ1) is 13.2. The number of aliphatic imine (C=N–C) groups is 1. The number of benzene rings is 3. The van der Waals surface area contributed by atoms with Crippen molar-refractivity contribution in [2.24, 2.45) is 4.99 Å². The molecule has 0 spiro atoms. The number of nitro groups is 1. The summed E-state index contributed by atoms with van der Waals surface area (Å²) in [6.45, 7) is 3.34. The average molecular weight is 360 g/mol. The predicted octanol–water partition coefficient (Wildman–Crippen LogP) is 3.73. The van der Waals surface area contributed by atoms with Gasteiger partial charge in [-0.15, -0.1) is 0 Å². The summed E-state index contributed by atoms with van der Waals surface area (Å²) in [4.78, 5) is 18.1. The van der Waals surface area contributed by atoms with Crippen LogP contribution in [0, 0.1) is 10.1 Å². The Hall–Kier alpha value is -3.25. The lowest BCUT2D eigenvalue weighted by Gasteiger charge is -2.31. The summed E-state index contributed by atoms with van der Waals surface area (Å²) in [6, 6.07) is 20.9. The minimum atomic E-state index is -0.378. The molecule has 0 aliphatic carbocycles. The Labute approximate surface area is 157 Å². The van der Waals surface area contributed by atoms with Crippen molar-refractivity contribution in [3.05, 3.63) is 82.4 Å². The number of piperazine rings is 1. The highest BCUT2D eigenvalue weighted by molar-refractivity contribution is 6.10. The lowest BCUT2D eigenvalue weighted by molar-refractivity contribution is -0.384. The predicted molar refractivity (Wildman–Crippen MR) is 108 cm³/mol. The van der Waals surface area contributed by atoms with E-state index in [1.165, 1.54) is 6.07 Å². The van der Waals surface area contributed by atoms with Gasteiger partial charge in [0.1, 0.15) is 11.5 Å². The Morgan fingerprint density at radius 3 is 2.48 bits per heavy atom. The van der Waals surface area contributed by atoms with Gasteiger partial charge in [-0.05, 0) is 16.8 Å². The standard InChI is InChI=1S/C21H20N4O2/c26-25(27)20-11-4-3-10-19(20)23-21(24-14-12-22-13-15-24)18-9-5-7-16-6-1-2-8-17(16)18/h1-11,22H,12-15H2. The first-order valence-electron chi connectivity index (χ1n) is 9.00. The van der Waals surface area contributed by atoms with Crippen molar-refractivity contribution < 1.29 is 4.92 Å². The van der Waals surface area contributed by atoms with Crippen LogP contribution >= 0.6 is 0 Å². The van der Waals surface area contributed by atoms with E-state index in [4.69, 9.17) is 4.99 Å². The van der Waals surface area contributed by atoms with E-state index >= 15 is 0 Å². The summed E-state index contributed by atoms with van der Waals surface area (Å²) in [5.74, 6) is 0.780. The fourth-order valence-electron chi connectivity index (χ4n) is 3.43. The molecule has 0 unspecified atom stereocenters. The zero-order valence-electron chi connectivity index (χ0n) is 14.8. The number of para-hydroxylation sites is 2. The molecule has 27 heavy (non-hydrogen) atoms. The number of fused-ring (bicyclic) bond motifs is 1. The van der Waals surface area contributed by atoms with E-state index in [9.17, 15) is 10.1 Å². The van der Waals surface area contributed by atoms with Gasteiger partial charge in [-0.3, -0.25) is 10.1 Å². The monoisotopic (exact) mass is 360 g/mol. The molecule has 1 heterocycles. The maximum absolute atomic E-state index is 11.4. The molecule has 3 aromatic carbocycles. The molecule has 0 amide bonds. The minimum absolute atomic E-state index is 0.0189. The van der Waals surface area contributed by atoms with Crippen molar-refractivity contribution >= 4 is 28.0 Å². The fourth-order valence-corrected chi connectivity index (χ4v) is 3.43. The van der Waals surface area contributed by atoms with E-state index in [-0.39, 0.29) is 10.6 Å². The lowest BCUT2D eigenvalue weighted by atomic mass is 10.0. The van der Waals surface area contributed by atoms with Gasteiger partial charge in [0.05, 0.1) is 4.92 Å². The summed E-state index contributed by atoms with van der Waals surface area (Å²) >= 11 is 0. The zero-order chi connectivity index (χ0) is 18.6. The number of nitrogens with zero attached hydrogens (tertiary/aromatic N) is 3. The maximum Gasteiger partial charge on any atom is 0.294 e. The molecule has 0 radical (unpaired) electrons. The molecule has 0 atom stereocenters. The Bertz CT molecular complexity index is 1000. The van der Waals surface area contributed by atoms with Gasteiger partial charge < -0.3 is 10.2 Å². The highest BCUT2D eigenvalue weighted by Crippen LogP contribution is 2.29. The molecule has 1 saturated heterocycles. The number of rotatable bonds is 3. The summed E-state index contributed by atoms with van der Waals surface area (Å²) in [5, 5.41) is 17.0. The molecule has 1 N–H and O–H groups in total. The van der Waals surface area contributed by atoms with Gasteiger partial charge in [0, 0.05) is 37.8 Å². The fraction of sp³-hybridized carbons (Fsp3) is 0.190. The topological polar surface area (TPSA) is 70.8 Å². The van der Waals surface area contributed by atoms with E-state index < -0.39 is 0 Å². The van der Waals surface area contributed by atoms with Crippen molar-refractivity contribution in [3.8, 4) is 0 Å². The third kappa shape index (κ3) is 3.52. The number of hydrogen-bond acceptors (Lipinski definition) is 4. The van der Waals surface area contributed by atoms with Crippen molar-refractivity contribution in [1.82, 2.24) is 10.2 Å². The summed E-state index contributed by atoms with van der Waals surface area (Å²) in [5.41, 5.74) is 1.39. The van der Waals surface area contributed by atoms with Crippen LogP contribution in [0.4, 0.5) is 11.4 Å². The number of nitro benzene ring substituents is 1. The Morgan fingerprint density at radius 1 is 0.963 bits per heavy atom. The Kier molecular flexibility index (Phi) is 4.80. The van der Waals surface area contributed by atoms with E-state index in [1.807, 2.05) is 24.3 Å². The molecule has 4 rings (SSSR count). The second-order valence-electron chi connectivity index (χ2n) is 6.44. The van der Waals surface area contributed by atoms with Crippen LogP contribution < -0.4 is 5.32 Å². The van der Waals surface area contributed by atoms with E-state index in [2.05, 4.69) is 28.4 Å². The van der Waals surface area contributed by atoms with Crippen molar-refractivity contribution in [2.75, 3.05) is 26.2 Å². The minimum Gasteiger partial charge on any atom is -0.354 e. The molecule has 6 heteroatoms. The van der Waals surface area contributed by atoms with E-state index in [0.717, 1.165) is 48.4 Å². The molecule has 1 aliphatic rings. The van der Waals surface area contributed by atoms with Crippen LogP contribution in [0.25, 0.3) is 10.8 Å². The van der Waals surface area contributed by atoms with Gasteiger partial charge in [-0.2, -0.15) is 0 Å². The number of nitrogens with one attached hydrogen (secondary N) is 1. The molecule has 0 aromatic heterocycles. The van der Waals surface area contributed by atoms with Gasteiger partial charge in [0.25, 0.3) is 5.69 Å². The van der Waals surface area contributed by atoms with Crippen LogP contribution in [0.1, 0.15) is 5.56 Å². The van der Waals surface area contributed by atoms with Crippen molar-refractivity contribution in [1.29, 1.82) is 0 Å². The lowest BCUT2D eigenvalue weighted by Crippen LogP contribution is -2.46. The zero-order valence-corrected chi connectivity index (χ0v) is 14.8. The quantitative estimate of drug-likeness (QED) is 0.334. The van der Waals surface area contributed by atoms with Crippen LogP contribution in [0.3, 0.4) is 0 Å². The van der Waals surface area contributed by atoms with Gasteiger partial charge in [-0.25, -0.2) is 4.99 Å². The smallest absolute Gasteiger partial charge is 0.294 e. The van der Waals surface area contributed by atoms with E-state index in [0.29, 0.717) is 5.69 Å². The molecule has 1 fully saturated rings.